The minimum atomic E-state index is -0.681. The van der Waals surface area contributed by atoms with E-state index >= 15 is 0 Å². The summed E-state index contributed by atoms with van der Waals surface area (Å²) in [5, 5.41) is 17.7. The smallest absolute Gasteiger partial charge is 0.311 e. The predicted octanol–water partition coefficient (Wildman–Crippen LogP) is 1.06. The van der Waals surface area contributed by atoms with Crippen LogP contribution < -0.4 is 0 Å². The molecule has 0 spiro atoms. The first-order valence-corrected chi connectivity index (χ1v) is 6.67. The number of nitrogens with zero attached hydrogens (tertiary/aromatic N) is 4. The zero-order valence-electron chi connectivity index (χ0n) is 12.1. The maximum atomic E-state index is 11.6. The first-order chi connectivity index (χ1) is 8.86. The van der Waals surface area contributed by atoms with E-state index in [9.17, 15) is 9.90 Å². The van der Waals surface area contributed by atoms with E-state index in [2.05, 4.69) is 15.1 Å². The average molecular weight is 266 g/mol. The molecule has 0 saturated carbocycles. The molecule has 1 unspecified atom stereocenters. The van der Waals surface area contributed by atoms with Crippen LogP contribution in [0.1, 0.15) is 31.9 Å². The zero-order chi connectivity index (χ0) is 14.2. The number of hydrogen-bond acceptors (Lipinski definition) is 4. The molecule has 1 N–H and O–H groups in total. The van der Waals surface area contributed by atoms with Gasteiger partial charge in [-0.3, -0.25) is 9.69 Å². The third-order valence-electron chi connectivity index (χ3n) is 4.46. The minimum absolute atomic E-state index is 0.135. The highest BCUT2D eigenvalue weighted by Gasteiger charge is 2.47. The molecular formula is C13H22N4O2. The van der Waals surface area contributed by atoms with Crippen LogP contribution in [0.5, 0.6) is 0 Å². The maximum Gasteiger partial charge on any atom is 0.311 e. The van der Waals surface area contributed by atoms with Crippen molar-refractivity contribution >= 4 is 5.97 Å². The minimum Gasteiger partial charge on any atom is -0.481 e. The van der Waals surface area contributed by atoms with Gasteiger partial charge in [0, 0.05) is 13.6 Å². The summed E-state index contributed by atoms with van der Waals surface area (Å²) >= 11 is 0. The third-order valence-corrected chi connectivity index (χ3v) is 4.46. The fraction of sp³-hybridized carbons (Fsp3) is 0.769. The second-order valence-electron chi connectivity index (χ2n) is 5.80. The van der Waals surface area contributed by atoms with Crippen molar-refractivity contribution in [2.24, 2.45) is 18.4 Å². The monoisotopic (exact) mass is 266 g/mol. The van der Waals surface area contributed by atoms with E-state index < -0.39 is 11.4 Å². The first kappa shape index (κ1) is 14.0. The van der Waals surface area contributed by atoms with Gasteiger partial charge in [0.1, 0.15) is 11.6 Å². The number of aliphatic carboxylic acids is 1. The number of carboxylic acid groups (broad SMARTS) is 1. The van der Waals surface area contributed by atoms with E-state index in [1.165, 1.54) is 0 Å². The predicted molar refractivity (Wildman–Crippen MR) is 70.5 cm³/mol. The van der Waals surface area contributed by atoms with Crippen LogP contribution in [0.2, 0.25) is 0 Å². The Kier molecular flexibility index (Phi) is 3.62. The molecule has 1 aliphatic heterocycles. The van der Waals surface area contributed by atoms with Gasteiger partial charge in [-0.05, 0) is 25.8 Å². The highest BCUT2D eigenvalue weighted by molar-refractivity contribution is 5.75. The lowest BCUT2D eigenvalue weighted by Gasteiger charge is -2.28. The molecule has 6 heteroatoms. The largest absolute Gasteiger partial charge is 0.481 e. The van der Waals surface area contributed by atoms with E-state index in [4.69, 9.17) is 0 Å². The van der Waals surface area contributed by atoms with Crippen molar-refractivity contribution in [3.05, 3.63) is 11.6 Å². The van der Waals surface area contributed by atoms with Crippen molar-refractivity contribution in [3.8, 4) is 0 Å². The van der Waals surface area contributed by atoms with Crippen LogP contribution in [0, 0.1) is 18.3 Å². The lowest BCUT2D eigenvalue weighted by molar-refractivity contribution is -0.151. The maximum absolute atomic E-state index is 11.6. The molecule has 0 radical (unpaired) electrons. The van der Waals surface area contributed by atoms with Crippen molar-refractivity contribution in [1.29, 1.82) is 0 Å². The standard InChI is InChI=1S/C13H22N4O2/c1-9(2)13(12(18)19)5-6-17(8-13)7-11-15-14-10(3)16(11)4/h9H,5-8H2,1-4H3,(H,18,19). The molecule has 1 aromatic heterocycles. The number of carboxylic acids is 1. The lowest BCUT2D eigenvalue weighted by atomic mass is 9.76. The van der Waals surface area contributed by atoms with Gasteiger partial charge in [-0.15, -0.1) is 10.2 Å². The van der Waals surface area contributed by atoms with Gasteiger partial charge in [0.2, 0.25) is 0 Å². The third kappa shape index (κ3) is 2.36. The Labute approximate surface area is 113 Å². The summed E-state index contributed by atoms with van der Waals surface area (Å²) < 4.78 is 1.95. The van der Waals surface area contributed by atoms with Crippen molar-refractivity contribution < 1.29 is 9.90 Å². The van der Waals surface area contributed by atoms with Crippen molar-refractivity contribution in [1.82, 2.24) is 19.7 Å². The molecule has 1 fully saturated rings. The molecule has 2 heterocycles. The molecule has 0 bridgehead atoms. The molecule has 1 saturated heterocycles. The van der Waals surface area contributed by atoms with Crippen molar-refractivity contribution in [2.75, 3.05) is 13.1 Å². The number of carbonyl (C=O) groups is 1. The summed E-state index contributed by atoms with van der Waals surface area (Å²) in [4.78, 5) is 13.7. The van der Waals surface area contributed by atoms with Crippen molar-refractivity contribution in [3.63, 3.8) is 0 Å². The molecule has 6 nitrogen and oxygen atoms in total. The number of rotatable bonds is 4. The molecule has 1 atom stereocenters. The average Bonchev–Trinajstić information content (AvgIpc) is 2.89. The molecule has 2 rings (SSSR count). The Morgan fingerprint density at radius 3 is 2.58 bits per heavy atom. The van der Waals surface area contributed by atoms with E-state index in [1.807, 2.05) is 32.4 Å². The number of hydrogen-bond donors (Lipinski definition) is 1. The Morgan fingerprint density at radius 2 is 2.16 bits per heavy atom. The van der Waals surface area contributed by atoms with Gasteiger partial charge in [0.05, 0.1) is 12.0 Å². The van der Waals surface area contributed by atoms with Gasteiger partial charge in [0.25, 0.3) is 0 Å². The highest BCUT2D eigenvalue weighted by Crippen LogP contribution is 2.38. The summed E-state index contributed by atoms with van der Waals surface area (Å²) in [6.07, 6.45) is 0.705. The van der Waals surface area contributed by atoms with Gasteiger partial charge in [0.15, 0.2) is 0 Å². The normalized spacial score (nSPS) is 24.3. The van der Waals surface area contributed by atoms with E-state index in [0.717, 1.165) is 18.2 Å². The molecule has 0 aromatic carbocycles. The van der Waals surface area contributed by atoms with Crippen LogP contribution in [0.4, 0.5) is 0 Å². The fourth-order valence-corrected chi connectivity index (χ4v) is 2.73. The molecular weight excluding hydrogens is 244 g/mol. The second kappa shape index (κ2) is 4.92. The Balaban J connectivity index is 2.10. The van der Waals surface area contributed by atoms with Crippen molar-refractivity contribution in [2.45, 2.75) is 33.7 Å². The van der Waals surface area contributed by atoms with Crippen LogP contribution in [-0.4, -0.2) is 43.8 Å². The van der Waals surface area contributed by atoms with Crippen LogP contribution in [0.15, 0.2) is 0 Å². The second-order valence-corrected chi connectivity index (χ2v) is 5.80. The van der Waals surface area contributed by atoms with Gasteiger partial charge >= 0.3 is 5.97 Å². The molecule has 0 aliphatic carbocycles. The summed E-state index contributed by atoms with van der Waals surface area (Å²) in [7, 11) is 1.94. The van der Waals surface area contributed by atoms with Crippen LogP contribution in [-0.2, 0) is 18.4 Å². The van der Waals surface area contributed by atoms with E-state index in [0.29, 0.717) is 19.5 Å². The molecule has 19 heavy (non-hydrogen) atoms. The fourth-order valence-electron chi connectivity index (χ4n) is 2.73. The van der Waals surface area contributed by atoms with E-state index in [1.54, 1.807) is 0 Å². The van der Waals surface area contributed by atoms with E-state index in [-0.39, 0.29) is 5.92 Å². The topological polar surface area (TPSA) is 71.2 Å². The summed E-state index contributed by atoms with van der Waals surface area (Å²) in [5.41, 5.74) is -0.617. The van der Waals surface area contributed by atoms with Crippen LogP contribution in [0.3, 0.4) is 0 Å². The van der Waals surface area contributed by atoms with Gasteiger partial charge in [-0.1, -0.05) is 13.8 Å². The number of aromatic nitrogens is 3. The number of aryl methyl sites for hydroxylation is 1. The van der Waals surface area contributed by atoms with Crippen LogP contribution >= 0.6 is 0 Å². The first-order valence-electron chi connectivity index (χ1n) is 6.67. The quantitative estimate of drug-likeness (QED) is 0.882. The highest BCUT2D eigenvalue weighted by atomic mass is 16.4. The Hall–Kier alpha value is -1.43. The Bertz CT molecular complexity index is 483. The van der Waals surface area contributed by atoms with Gasteiger partial charge in [-0.2, -0.15) is 0 Å². The SMILES string of the molecule is Cc1nnc(CN2CCC(C(=O)O)(C(C)C)C2)n1C. The summed E-state index contributed by atoms with van der Waals surface area (Å²) in [5.74, 6) is 1.22. The lowest BCUT2D eigenvalue weighted by Crippen LogP contribution is -2.39. The molecule has 0 amide bonds. The molecule has 1 aromatic rings. The molecule has 106 valence electrons. The summed E-state index contributed by atoms with van der Waals surface area (Å²) in [6.45, 7) is 7.95. The van der Waals surface area contributed by atoms with Gasteiger partial charge in [-0.25, -0.2) is 0 Å². The summed E-state index contributed by atoms with van der Waals surface area (Å²) in [6, 6.07) is 0. The van der Waals surface area contributed by atoms with Crippen LogP contribution in [0.25, 0.3) is 0 Å². The molecule has 1 aliphatic rings. The number of likely N-dealkylation sites (tertiary alicyclic amines) is 1. The zero-order valence-corrected chi connectivity index (χ0v) is 12.1. The Morgan fingerprint density at radius 1 is 1.47 bits per heavy atom. The van der Waals surface area contributed by atoms with Gasteiger partial charge < -0.3 is 9.67 Å².